The maximum atomic E-state index is 13.2. The summed E-state index contributed by atoms with van der Waals surface area (Å²) in [6, 6.07) is 0. The number of cyclic esters (lactones) is 1. The molecule has 0 aromatic heterocycles. The molecule has 1 fully saturated rings. The van der Waals surface area contributed by atoms with Crippen LogP contribution in [0.1, 0.15) is 74.7 Å². The highest BCUT2D eigenvalue weighted by Gasteiger charge is 2.48. The van der Waals surface area contributed by atoms with Gasteiger partial charge < -0.3 is 24.5 Å². The van der Waals surface area contributed by atoms with Gasteiger partial charge in [-0.05, 0) is 39.5 Å². The summed E-state index contributed by atoms with van der Waals surface area (Å²) in [7, 11) is 1.57. The Labute approximate surface area is 209 Å². The molecule has 9 heteroatoms. The lowest BCUT2D eigenvalue weighted by atomic mass is 9.71. The zero-order valence-corrected chi connectivity index (χ0v) is 22.8. The van der Waals surface area contributed by atoms with E-state index < -0.39 is 53.8 Å². The lowest BCUT2D eigenvalue weighted by Gasteiger charge is -2.43. The van der Waals surface area contributed by atoms with Crippen molar-refractivity contribution < 1.29 is 38.5 Å². The first-order valence-corrected chi connectivity index (χ1v) is 12.6. The summed E-state index contributed by atoms with van der Waals surface area (Å²) in [5.74, 6) is -3.79. The Bertz CT molecular complexity index is 743. The molecule has 35 heavy (non-hydrogen) atoms. The Balaban J connectivity index is 3.61. The van der Waals surface area contributed by atoms with Crippen molar-refractivity contribution in [2.45, 2.75) is 98.1 Å². The Hall–Kier alpha value is -1.58. The van der Waals surface area contributed by atoms with E-state index in [0.717, 1.165) is 0 Å². The van der Waals surface area contributed by atoms with Crippen molar-refractivity contribution in [2.75, 3.05) is 20.4 Å². The van der Waals surface area contributed by atoms with E-state index >= 15 is 0 Å². The average molecular weight is 504 g/mol. The van der Waals surface area contributed by atoms with Crippen molar-refractivity contribution in [1.29, 1.82) is 0 Å². The van der Waals surface area contributed by atoms with Crippen LogP contribution in [0.4, 0.5) is 4.39 Å². The van der Waals surface area contributed by atoms with Crippen LogP contribution < -0.4 is 0 Å². The van der Waals surface area contributed by atoms with Crippen molar-refractivity contribution in [3.63, 3.8) is 0 Å². The fraction of sp³-hybridized carbons (Fsp3) is 0.885. The van der Waals surface area contributed by atoms with E-state index in [1.165, 1.54) is 13.8 Å². The number of aliphatic hydroxyl groups is 2. The Morgan fingerprint density at radius 3 is 2.26 bits per heavy atom. The van der Waals surface area contributed by atoms with Gasteiger partial charge in [0.1, 0.15) is 30.0 Å². The van der Waals surface area contributed by atoms with Crippen molar-refractivity contribution in [3.8, 4) is 0 Å². The molecule has 1 rings (SSSR count). The minimum absolute atomic E-state index is 0.0719. The number of carbonyl (C=O) groups is 2. The van der Waals surface area contributed by atoms with Gasteiger partial charge in [-0.2, -0.15) is 0 Å². The molecule has 1 aliphatic heterocycles. The van der Waals surface area contributed by atoms with Crippen molar-refractivity contribution >= 4 is 17.5 Å². The molecule has 204 valence electrons. The molecule has 0 unspecified atom stereocenters. The zero-order chi connectivity index (χ0) is 27.1. The summed E-state index contributed by atoms with van der Waals surface area (Å²) in [5.41, 5.74) is -2.14. The van der Waals surface area contributed by atoms with E-state index in [4.69, 9.17) is 14.3 Å². The number of alkyl halides is 1. The number of ketones is 1. The average Bonchev–Trinajstić information content (AvgIpc) is 2.83. The fourth-order valence-electron chi connectivity index (χ4n) is 5.03. The summed E-state index contributed by atoms with van der Waals surface area (Å²) in [4.78, 5) is 31.5. The standard InChI is InChI=1S/C26H46FNO7/c1-10-20-26(8,32)23(30)17(4)21(28-34-13-11-12-27)15(2)14-25(7,33-9)19(6)16(3)22(29)18(5)24(31)35-20/h15-20,23,30,32H,10-14H2,1-9H3/t15-,16-,17+,18-,19-,20-,23+,25-,26-/m1/s1. The van der Waals surface area contributed by atoms with Gasteiger partial charge in [0.2, 0.25) is 0 Å². The molecule has 1 aliphatic rings. The van der Waals surface area contributed by atoms with Crippen molar-refractivity contribution in [3.05, 3.63) is 0 Å². The van der Waals surface area contributed by atoms with Gasteiger partial charge in [0.15, 0.2) is 0 Å². The number of ether oxygens (including phenoxy) is 2. The van der Waals surface area contributed by atoms with Crippen LogP contribution in [0, 0.1) is 29.6 Å². The highest BCUT2D eigenvalue weighted by molar-refractivity contribution is 5.99. The van der Waals surface area contributed by atoms with Crippen LogP contribution in [0.2, 0.25) is 0 Å². The summed E-state index contributed by atoms with van der Waals surface area (Å²) in [5, 5.41) is 26.8. The molecule has 9 atom stereocenters. The molecule has 0 spiro atoms. The second-order valence-corrected chi connectivity index (χ2v) is 10.5. The van der Waals surface area contributed by atoms with E-state index in [1.807, 2.05) is 20.8 Å². The molecule has 0 amide bonds. The second kappa shape index (κ2) is 13.1. The predicted octanol–water partition coefficient (Wildman–Crippen LogP) is 3.71. The molecule has 2 N–H and O–H groups in total. The van der Waals surface area contributed by atoms with Crippen molar-refractivity contribution in [2.24, 2.45) is 34.7 Å². The number of hydrogen-bond donors (Lipinski definition) is 2. The second-order valence-electron chi connectivity index (χ2n) is 10.5. The molecule has 0 aromatic carbocycles. The molecule has 0 aliphatic carbocycles. The van der Waals surface area contributed by atoms with Crippen LogP contribution in [0.3, 0.4) is 0 Å². The third-order valence-corrected chi connectivity index (χ3v) is 7.98. The molecule has 0 bridgehead atoms. The number of methoxy groups -OCH3 is 1. The Morgan fingerprint density at radius 2 is 1.74 bits per heavy atom. The minimum Gasteiger partial charge on any atom is -0.459 e. The molecular weight excluding hydrogens is 457 g/mol. The number of carbonyl (C=O) groups excluding carboxylic acids is 2. The van der Waals surface area contributed by atoms with Crippen LogP contribution in [0.5, 0.6) is 0 Å². The fourth-order valence-corrected chi connectivity index (χ4v) is 5.03. The van der Waals surface area contributed by atoms with E-state index in [9.17, 15) is 24.2 Å². The monoisotopic (exact) mass is 503 g/mol. The third kappa shape index (κ3) is 7.23. The molecule has 8 nitrogen and oxygen atoms in total. The van der Waals surface area contributed by atoms with Crippen LogP contribution in [-0.2, 0) is 23.9 Å². The van der Waals surface area contributed by atoms with Crippen LogP contribution in [0.15, 0.2) is 5.16 Å². The van der Waals surface area contributed by atoms with Gasteiger partial charge in [-0.3, -0.25) is 14.0 Å². The first-order chi connectivity index (χ1) is 16.2. The highest BCUT2D eigenvalue weighted by atomic mass is 19.1. The highest BCUT2D eigenvalue weighted by Crippen LogP contribution is 2.38. The quantitative estimate of drug-likeness (QED) is 0.246. The third-order valence-electron chi connectivity index (χ3n) is 7.98. The number of halogens is 1. The van der Waals surface area contributed by atoms with Gasteiger partial charge in [-0.1, -0.05) is 39.8 Å². The number of nitrogens with zero attached hydrogens (tertiary/aromatic N) is 1. The number of Topliss-reactive ketones (excluding diaryl/α,β-unsaturated/α-hetero) is 1. The lowest BCUT2D eigenvalue weighted by molar-refractivity contribution is -0.187. The number of oxime groups is 1. The molecule has 1 saturated heterocycles. The van der Waals surface area contributed by atoms with Gasteiger partial charge >= 0.3 is 5.97 Å². The SMILES string of the molecule is CC[C@H]1OC(=O)[C@H](C)C(=O)[C@H](C)[C@@H](C)[C@](C)(OC)C[C@@H](C)C(=NOCCCF)[C@H](C)[C@H](O)[C@]1(C)O. The smallest absolute Gasteiger partial charge is 0.316 e. The van der Waals surface area contributed by atoms with E-state index in [0.29, 0.717) is 12.1 Å². The first-order valence-electron chi connectivity index (χ1n) is 12.6. The molecule has 0 saturated carbocycles. The van der Waals surface area contributed by atoms with Crippen LogP contribution >= 0.6 is 0 Å². The van der Waals surface area contributed by atoms with Gasteiger partial charge in [-0.25, -0.2) is 0 Å². The summed E-state index contributed by atoms with van der Waals surface area (Å²) >= 11 is 0. The maximum Gasteiger partial charge on any atom is 0.316 e. The molecule has 1 heterocycles. The normalized spacial score (nSPS) is 41.4. The first kappa shape index (κ1) is 31.4. The number of rotatable bonds is 6. The molecule has 0 aromatic rings. The summed E-state index contributed by atoms with van der Waals surface area (Å²) in [6.07, 6.45) is -1.58. The summed E-state index contributed by atoms with van der Waals surface area (Å²) < 4.78 is 24.1. The topological polar surface area (TPSA) is 115 Å². The predicted molar refractivity (Wildman–Crippen MR) is 132 cm³/mol. The minimum atomic E-state index is -1.83. The van der Waals surface area contributed by atoms with Crippen LogP contribution in [-0.4, -0.2) is 71.5 Å². The van der Waals surface area contributed by atoms with Gasteiger partial charge in [0.25, 0.3) is 0 Å². The van der Waals surface area contributed by atoms with E-state index in [-0.39, 0.29) is 37.1 Å². The molecular formula is C26H46FNO7. The largest absolute Gasteiger partial charge is 0.459 e. The van der Waals surface area contributed by atoms with E-state index in [1.54, 1.807) is 27.9 Å². The number of esters is 1. The maximum absolute atomic E-state index is 13.2. The van der Waals surface area contributed by atoms with E-state index in [2.05, 4.69) is 5.16 Å². The lowest BCUT2D eigenvalue weighted by Crippen LogP contribution is -2.56. The van der Waals surface area contributed by atoms with Gasteiger partial charge in [0, 0.05) is 31.3 Å². The Kier molecular flexibility index (Phi) is 11.8. The summed E-state index contributed by atoms with van der Waals surface area (Å²) in [6.45, 7) is 13.4. The molecule has 0 radical (unpaired) electrons. The van der Waals surface area contributed by atoms with Crippen LogP contribution in [0.25, 0.3) is 0 Å². The zero-order valence-electron chi connectivity index (χ0n) is 22.8. The van der Waals surface area contributed by atoms with Gasteiger partial charge in [0.05, 0.1) is 24.1 Å². The number of hydrogen-bond acceptors (Lipinski definition) is 8. The van der Waals surface area contributed by atoms with Gasteiger partial charge in [-0.15, -0.1) is 0 Å². The van der Waals surface area contributed by atoms with Crippen molar-refractivity contribution in [1.82, 2.24) is 0 Å². The number of aliphatic hydroxyl groups excluding tert-OH is 1. The Morgan fingerprint density at radius 1 is 1.14 bits per heavy atom.